The molecule has 1 aliphatic heterocycles. The van der Waals surface area contributed by atoms with Crippen molar-refractivity contribution in [2.45, 2.75) is 39.4 Å². The topological polar surface area (TPSA) is 54.5 Å². The molecule has 0 fully saturated rings. The molecule has 2 aromatic rings. The molecule has 0 bridgehead atoms. The van der Waals surface area contributed by atoms with Crippen LogP contribution in [0.25, 0.3) is 0 Å². The lowest BCUT2D eigenvalue weighted by Crippen LogP contribution is -2.45. The van der Waals surface area contributed by atoms with E-state index >= 15 is 0 Å². The number of carbonyl (C=O) groups excluding carboxylic acids is 1. The predicted molar refractivity (Wildman–Crippen MR) is 90.7 cm³/mol. The SMILES string of the molecule is CCc1nc(CNC(=O)N2Cc3ccccc3OC[C@@H]2C)cs1. The molecule has 2 heterocycles. The van der Waals surface area contributed by atoms with Crippen LogP contribution in [0.15, 0.2) is 29.6 Å². The van der Waals surface area contributed by atoms with E-state index in [-0.39, 0.29) is 12.1 Å². The van der Waals surface area contributed by atoms with Gasteiger partial charge >= 0.3 is 6.03 Å². The average Bonchev–Trinajstić information content (AvgIpc) is 2.97. The Labute approximate surface area is 140 Å². The van der Waals surface area contributed by atoms with E-state index < -0.39 is 0 Å². The molecule has 1 aromatic heterocycles. The highest BCUT2D eigenvalue weighted by Gasteiger charge is 2.25. The zero-order valence-corrected chi connectivity index (χ0v) is 14.2. The molecule has 0 aliphatic carbocycles. The maximum Gasteiger partial charge on any atom is 0.318 e. The van der Waals surface area contributed by atoms with Crippen LogP contribution >= 0.6 is 11.3 Å². The van der Waals surface area contributed by atoms with E-state index in [0.29, 0.717) is 19.7 Å². The van der Waals surface area contributed by atoms with E-state index in [2.05, 4.69) is 17.2 Å². The normalized spacial score (nSPS) is 17.1. The minimum absolute atomic E-state index is 0.0176. The lowest BCUT2D eigenvalue weighted by atomic mass is 10.2. The van der Waals surface area contributed by atoms with Crippen molar-refractivity contribution in [2.75, 3.05) is 6.61 Å². The van der Waals surface area contributed by atoms with Gasteiger partial charge in [-0.15, -0.1) is 11.3 Å². The van der Waals surface area contributed by atoms with Gasteiger partial charge in [0.1, 0.15) is 12.4 Å². The highest BCUT2D eigenvalue weighted by molar-refractivity contribution is 7.09. The Morgan fingerprint density at radius 2 is 2.30 bits per heavy atom. The Balaban J connectivity index is 1.66. The summed E-state index contributed by atoms with van der Waals surface area (Å²) >= 11 is 1.64. The molecule has 0 radical (unpaired) electrons. The van der Waals surface area contributed by atoms with Crippen LogP contribution in [0.5, 0.6) is 5.75 Å². The summed E-state index contributed by atoms with van der Waals surface area (Å²) in [4.78, 5) is 18.9. The minimum atomic E-state index is -0.0798. The third-order valence-electron chi connectivity index (χ3n) is 3.91. The number of hydrogen-bond donors (Lipinski definition) is 1. The molecule has 0 saturated carbocycles. The van der Waals surface area contributed by atoms with Gasteiger partial charge in [0.05, 0.1) is 29.8 Å². The van der Waals surface area contributed by atoms with Crippen molar-refractivity contribution in [3.05, 3.63) is 45.9 Å². The number of fused-ring (bicyclic) bond motifs is 1. The molecule has 122 valence electrons. The second-order valence-corrected chi connectivity index (χ2v) is 6.58. The van der Waals surface area contributed by atoms with E-state index in [1.54, 1.807) is 11.3 Å². The third-order valence-corrected chi connectivity index (χ3v) is 4.95. The number of benzene rings is 1. The van der Waals surface area contributed by atoms with Crippen molar-refractivity contribution in [2.24, 2.45) is 0 Å². The number of ether oxygens (including phenoxy) is 1. The minimum Gasteiger partial charge on any atom is -0.491 e. The summed E-state index contributed by atoms with van der Waals surface area (Å²) in [5, 5.41) is 6.07. The summed E-state index contributed by atoms with van der Waals surface area (Å²) < 4.78 is 5.79. The third kappa shape index (κ3) is 3.64. The van der Waals surface area contributed by atoms with Crippen LogP contribution in [0.4, 0.5) is 4.79 Å². The monoisotopic (exact) mass is 331 g/mol. The summed E-state index contributed by atoms with van der Waals surface area (Å²) in [6.07, 6.45) is 0.926. The average molecular weight is 331 g/mol. The van der Waals surface area contributed by atoms with Crippen LogP contribution < -0.4 is 10.1 Å². The molecular weight excluding hydrogens is 310 g/mol. The number of nitrogens with zero attached hydrogens (tertiary/aromatic N) is 2. The first-order chi connectivity index (χ1) is 11.2. The molecule has 1 atom stereocenters. The van der Waals surface area contributed by atoms with Crippen LogP contribution in [-0.2, 0) is 19.5 Å². The molecule has 2 amide bonds. The number of hydrogen-bond acceptors (Lipinski definition) is 4. The zero-order valence-electron chi connectivity index (χ0n) is 13.4. The van der Waals surface area contributed by atoms with Gasteiger partial charge in [-0.2, -0.15) is 0 Å². The first kappa shape index (κ1) is 15.8. The lowest BCUT2D eigenvalue weighted by Gasteiger charge is -2.26. The summed E-state index contributed by atoms with van der Waals surface area (Å²) in [5.41, 5.74) is 1.95. The van der Waals surface area contributed by atoms with Crippen LogP contribution in [-0.4, -0.2) is 28.6 Å². The molecule has 6 heteroatoms. The fourth-order valence-electron chi connectivity index (χ4n) is 2.55. The van der Waals surface area contributed by atoms with Gasteiger partial charge in [-0.1, -0.05) is 25.1 Å². The van der Waals surface area contributed by atoms with Gasteiger partial charge in [0.15, 0.2) is 0 Å². The Hall–Kier alpha value is -2.08. The van der Waals surface area contributed by atoms with E-state index in [1.165, 1.54) is 0 Å². The quantitative estimate of drug-likeness (QED) is 0.940. The Bertz CT molecular complexity index is 686. The summed E-state index contributed by atoms with van der Waals surface area (Å²) in [5.74, 6) is 0.863. The fraction of sp³-hybridized carbons (Fsp3) is 0.412. The van der Waals surface area contributed by atoms with Crippen molar-refractivity contribution in [3.8, 4) is 5.75 Å². The number of amides is 2. The van der Waals surface area contributed by atoms with Gasteiger partial charge in [0, 0.05) is 10.9 Å². The second-order valence-electron chi connectivity index (χ2n) is 5.64. The standard InChI is InChI=1S/C17H21N3O2S/c1-3-16-19-14(11-23-16)8-18-17(21)20-9-13-6-4-5-7-15(13)22-10-12(20)2/h4-7,11-12H,3,8-10H2,1-2H3,(H,18,21)/t12-/m0/s1. The van der Waals surface area contributed by atoms with Crippen molar-refractivity contribution < 1.29 is 9.53 Å². The Morgan fingerprint density at radius 1 is 1.48 bits per heavy atom. The van der Waals surface area contributed by atoms with Gasteiger partial charge in [0.25, 0.3) is 0 Å². The number of thiazole rings is 1. The van der Waals surface area contributed by atoms with Gasteiger partial charge in [-0.05, 0) is 19.4 Å². The molecule has 0 spiro atoms. The summed E-state index contributed by atoms with van der Waals surface area (Å²) in [7, 11) is 0. The van der Waals surface area contributed by atoms with Crippen LogP contribution in [0.1, 0.15) is 30.1 Å². The molecule has 5 nitrogen and oxygen atoms in total. The number of para-hydroxylation sites is 1. The first-order valence-corrected chi connectivity index (χ1v) is 8.73. The molecule has 1 N–H and O–H groups in total. The van der Waals surface area contributed by atoms with E-state index in [9.17, 15) is 4.79 Å². The molecular formula is C17H21N3O2S. The molecule has 23 heavy (non-hydrogen) atoms. The number of carbonyl (C=O) groups is 1. The Kier molecular flexibility index (Phi) is 4.81. The maximum absolute atomic E-state index is 12.6. The highest BCUT2D eigenvalue weighted by Crippen LogP contribution is 2.24. The van der Waals surface area contributed by atoms with Gasteiger partial charge in [0.2, 0.25) is 0 Å². The number of rotatable bonds is 3. The lowest BCUT2D eigenvalue weighted by molar-refractivity contribution is 0.156. The largest absolute Gasteiger partial charge is 0.491 e. The second kappa shape index (κ2) is 7.00. The number of urea groups is 1. The molecule has 0 saturated heterocycles. The number of aryl methyl sites for hydroxylation is 1. The van der Waals surface area contributed by atoms with Crippen LogP contribution in [0, 0.1) is 0 Å². The van der Waals surface area contributed by atoms with Crippen LogP contribution in [0.2, 0.25) is 0 Å². The highest BCUT2D eigenvalue weighted by atomic mass is 32.1. The van der Waals surface area contributed by atoms with Crippen LogP contribution in [0.3, 0.4) is 0 Å². The smallest absolute Gasteiger partial charge is 0.318 e. The fourth-order valence-corrected chi connectivity index (χ4v) is 3.29. The molecule has 3 rings (SSSR count). The molecule has 1 aliphatic rings. The van der Waals surface area contributed by atoms with Gasteiger partial charge < -0.3 is 15.0 Å². The van der Waals surface area contributed by atoms with Crippen molar-refractivity contribution in [3.63, 3.8) is 0 Å². The molecule has 1 aromatic carbocycles. The van der Waals surface area contributed by atoms with Gasteiger partial charge in [-0.25, -0.2) is 9.78 Å². The predicted octanol–water partition coefficient (Wildman–Crippen LogP) is 3.20. The Morgan fingerprint density at radius 3 is 3.09 bits per heavy atom. The molecule has 0 unspecified atom stereocenters. The van der Waals surface area contributed by atoms with E-state index in [0.717, 1.165) is 28.4 Å². The number of nitrogens with one attached hydrogen (secondary N) is 1. The summed E-state index contributed by atoms with van der Waals surface area (Å²) in [6.45, 7) is 5.60. The summed E-state index contributed by atoms with van der Waals surface area (Å²) in [6, 6.07) is 7.81. The first-order valence-electron chi connectivity index (χ1n) is 7.85. The van der Waals surface area contributed by atoms with Crippen molar-refractivity contribution >= 4 is 17.4 Å². The number of aromatic nitrogens is 1. The van der Waals surface area contributed by atoms with E-state index in [1.807, 2.05) is 41.5 Å². The maximum atomic E-state index is 12.6. The van der Waals surface area contributed by atoms with Crippen molar-refractivity contribution in [1.82, 2.24) is 15.2 Å². The van der Waals surface area contributed by atoms with E-state index in [4.69, 9.17) is 4.74 Å². The van der Waals surface area contributed by atoms with Gasteiger partial charge in [-0.3, -0.25) is 0 Å². The van der Waals surface area contributed by atoms with Crippen molar-refractivity contribution in [1.29, 1.82) is 0 Å². The zero-order chi connectivity index (χ0) is 16.2.